The molecule has 1 saturated heterocycles. The van der Waals surface area contributed by atoms with Crippen LogP contribution in [0, 0.1) is 0 Å². The second-order valence-electron chi connectivity index (χ2n) is 10.6. The molecule has 1 fully saturated rings. The Kier molecular flexibility index (Phi) is 8.67. The first-order chi connectivity index (χ1) is 19.1. The van der Waals surface area contributed by atoms with Gasteiger partial charge in [0.2, 0.25) is 0 Å². The first-order valence-electron chi connectivity index (χ1n) is 14.4. The first-order valence-corrected chi connectivity index (χ1v) is 14.4. The molecule has 1 atom stereocenters. The van der Waals surface area contributed by atoms with Gasteiger partial charge in [-0.3, -0.25) is 4.79 Å². The molecule has 1 aromatic heterocycles. The van der Waals surface area contributed by atoms with Gasteiger partial charge in [-0.05, 0) is 106 Å². The van der Waals surface area contributed by atoms with Crippen molar-refractivity contribution in [1.82, 2.24) is 14.8 Å². The summed E-state index contributed by atoms with van der Waals surface area (Å²) in [6.45, 7) is 8.78. The Morgan fingerprint density at radius 2 is 1.72 bits per heavy atom. The number of rotatable bonds is 10. The number of ether oxygens (including phenoxy) is 1. The van der Waals surface area contributed by atoms with Gasteiger partial charge in [0.05, 0.1) is 7.11 Å². The number of aromatic nitrogens is 1. The SMILES string of the molecule is CCN(CC)C(=O)c1ccc(C(CCN2CCC(c3c[nH]c4ccccc34)CC2)c2cccc(OC)c2)cc1. The smallest absolute Gasteiger partial charge is 0.253 e. The molecule has 5 rings (SSSR count). The van der Waals surface area contributed by atoms with Crippen LogP contribution in [0.2, 0.25) is 0 Å². The van der Waals surface area contributed by atoms with Crippen molar-refractivity contribution in [2.45, 2.75) is 44.9 Å². The van der Waals surface area contributed by atoms with E-state index in [4.69, 9.17) is 4.74 Å². The minimum absolute atomic E-state index is 0.0996. The number of methoxy groups -OCH3 is 1. The lowest BCUT2D eigenvalue weighted by Crippen LogP contribution is -2.34. The number of hydrogen-bond donors (Lipinski definition) is 1. The topological polar surface area (TPSA) is 48.6 Å². The molecule has 2 heterocycles. The van der Waals surface area contributed by atoms with Crippen molar-refractivity contribution in [2.75, 3.05) is 39.8 Å². The Hall–Kier alpha value is -3.57. The van der Waals surface area contributed by atoms with Gasteiger partial charge >= 0.3 is 0 Å². The second kappa shape index (κ2) is 12.5. The molecule has 0 bridgehead atoms. The van der Waals surface area contributed by atoms with E-state index in [1.807, 2.05) is 36.9 Å². The van der Waals surface area contributed by atoms with Gasteiger partial charge in [0.25, 0.3) is 5.91 Å². The highest BCUT2D eigenvalue weighted by Crippen LogP contribution is 2.35. The normalized spacial score (nSPS) is 15.4. The van der Waals surface area contributed by atoms with E-state index in [0.717, 1.165) is 50.5 Å². The van der Waals surface area contributed by atoms with Gasteiger partial charge in [-0.1, -0.05) is 42.5 Å². The number of carbonyl (C=O) groups is 1. The Morgan fingerprint density at radius 1 is 0.974 bits per heavy atom. The summed E-state index contributed by atoms with van der Waals surface area (Å²) in [4.78, 5) is 20.8. The van der Waals surface area contributed by atoms with E-state index >= 15 is 0 Å². The molecule has 204 valence electrons. The maximum atomic E-state index is 12.9. The van der Waals surface area contributed by atoms with Crippen LogP contribution in [0.5, 0.6) is 5.75 Å². The lowest BCUT2D eigenvalue weighted by atomic mass is 9.86. The molecule has 5 nitrogen and oxygen atoms in total. The number of amides is 1. The Labute approximate surface area is 232 Å². The molecule has 1 aliphatic rings. The quantitative estimate of drug-likeness (QED) is 0.242. The number of aromatic amines is 1. The summed E-state index contributed by atoms with van der Waals surface area (Å²) in [6.07, 6.45) is 5.62. The fraction of sp³-hybridized carbons (Fsp3) is 0.382. The van der Waals surface area contributed by atoms with Crippen molar-refractivity contribution in [3.05, 3.63) is 101 Å². The summed E-state index contributed by atoms with van der Waals surface area (Å²) in [5.74, 6) is 1.83. The summed E-state index contributed by atoms with van der Waals surface area (Å²) in [6, 6.07) is 25.4. The average Bonchev–Trinajstić information content (AvgIpc) is 3.43. The molecule has 39 heavy (non-hydrogen) atoms. The largest absolute Gasteiger partial charge is 0.497 e. The predicted octanol–water partition coefficient (Wildman–Crippen LogP) is 7.06. The predicted molar refractivity (Wildman–Crippen MR) is 160 cm³/mol. The van der Waals surface area contributed by atoms with Gasteiger partial charge in [-0.15, -0.1) is 0 Å². The fourth-order valence-electron chi connectivity index (χ4n) is 6.15. The van der Waals surface area contributed by atoms with Crippen LogP contribution >= 0.6 is 0 Å². The minimum atomic E-state index is 0.0996. The van der Waals surface area contributed by atoms with Crippen molar-refractivity contribution in [3.63, 3.8) is 0 Å². The van der Waals surface area contributed by atoms with E-state index in [2.05, 4.69) is 70.7 Å². The number of piperidine rings is 1. The third-order valence-electron chi connectivity index (χ3n) is 8.49. The Balaban J connectivity index is 1.28. The number of benzene rings is 3. The van der Waals surface area contributed by atoms with Gasteiger partial charge in [-0.2, -0.15) is 0 Å². The molecule has 5 heteroatoms. The summed E-state index contributed by atoms with van der Waals surface area (Å²) < 4.78 is 5.55. The monoisotopic (exact) mass is 523 g/mol. The zero-order valence-electron chi connectivity index (χ0n) is 23.5. The summed E-state index contributed by atoms with van der Waals surface area (Å²) in [7, 11) is 1.72. The van der Waals surface area contributed by atoms with Crippen LogP contribution < -0.4 is 4.74 Å². The molecule has 0 saturated carbocycles. The van der Waals surface area contributed by atoms with Gasteiger partial charge < -0.3 is 19.5 Å². The average molecular weight is 524 g/mol. The third kappa shape index (κ3) is 6.04. The molecule has 1 unspecified atom stereocenters. The van der Waals surface area contributed by atoms with E-state index in [1.165, 1.54) is 40.4 Å². The number of hydrogen-bond acceptors (Lipinski definition) is 3. The van der Waals surface area contributed by atoms with Crippen molar-refractivity contribution >= 4 is 16.8 Å². The summed E-state index contributed by atoms with van der Waals surface area (Å²) in [5, 5.41) is 1.37. The van der Waals surface area contributed by atoms with Crippen LogP contribution in [0.3, 0.4) is 0 Å². The highest BCUT2D eigenvalue weighted by molar-refractivity contribution is 5.94. The van der Waals surface area contributed by atoms with Crippen molar-refractivity contribution in [3.8, 4) is 5.75 Å². The molecule has 0 aliphatic carbocycles. The lowest BCUT2D eigenvalue weighted by Gasteiger charge is -2.33. The van der Waals surface area contributed by atoms with Gasteiger partial charge in [-0.25, -0.2) is 0 Å². The number of nitrogens with one attached hydrogen (secondary N) is 1. The van der Waals surface area contributed by atoms with Crippen LogP contribution in [-0.2, 0) is 0 Å². The summed E-state index contributed by atoms with van der Waals surface area (Å²) in [5.41, 5.74) is 5.96. The minimum Gasteiger partial charge on any atom is -0.497 e. The maximum absolute atomic E-state index is 12.9. The zero-order chi connectivity index (χ0) is 27.2. The lowest BCUT2D eigenvalue weighted by molar-refractivity contribution is 0.0773. The van der Waals surface area contributed by atoms with E-state index in [0.29, 0.717) is 5.92 Å². The van der Waals surface area contributed by atoms with Crippen molar-refractivity contribution in [2.24, 2.45) is 0 Å². The van der Waals surface area contributed by atoms with Crippen LogP contribution in [-0.4, -0.2) is 60.5 Å². The maximum Gasteiger partial charge on any atom is 0.253 e. The number of carbonyl (C=O) groups excluding carboxylic acids is 1. The number of likely N-dealkylation sites (tertiary alicyclic amines) is 1. The fourth-order valence-corrected chi connectivity index (χ4v) is 6.15. The molecule has 1 amide bonds. The van der Waals surface area contributed by atoms with Crippen molar-refractivity contribution in [1.29, 1.82) is 0 Å². The molecule has 0 radical (unpaired) electrons. The molecule has 4 aromatic rings. The highest BCUT2D eigenvalue weighted by atomic mass is 16.5. The van der Waals surface area contributed by atoms with Gasteiger partial charge in [0.15, 0.2) is 0 Å². The number of nitrogens with zero attached hydrogens (tertiary/aromatic N) is 2. The zero-order valence-corrected chi connectivity index (χ0v) is 23.5. The number of para-hydroxylation sites is 1. The van der Waals surface area contributed by atoms with E-state index in [-0.39, 0.29) is 11.8 Å². The third-order valence-corrected chi connectivity index (χ3v) is 8.49. The highest BCUT2D eigenvalue weighted by Gasteiger charge is 2.24. The van der Waals surface area contributed by atoms with E-state index in [1.54, 1.807) is 7.11 Å². The Bertz CT molecular complexity index is 1360. The van der Waals surface area contributed by atoms with E-state index in [9.17, 15) is 4.79 Å². The summed E-state index contributed by atoms with van der Waals surface area (Å²) >= 11 is 0. The first kappa shape index (κ1) is 27.0. The van der Waals surface area contributed by atoms with Gasteiger partial charge in [0.1, 0.15) is 5.75 Å². The number of H-pyrrole nitrogens is 1. The van der Waals surface area contributed by atoms with Crippen LogP contribution in [0.25, 0.3) is 10.9 Å². The molecule has 0 spiro atoms. The standard InChI is InChI=1S/C34H41N3O2/c1-4-37(5-2)34(38)27-15-13-25(14-16-27)30(28-9-8-10-29(23-28)39-3)19-22-36-20-17-26(18-21-36)32-24-35-33-12-7-6-11-31(32)33/h6-16,23-24,26,30,35H,4-5,17-22H2,1-3H3. The Morgan fingerprint density at radius 3 is 2.44 bits per heavy atom. The molecule has 3 aromatic carbocycles. The molecular formula is C34H41N3O2. The van der Waals surface area contributed by atoms with E-state index < -0.39 is 0 Å². The van der Waals surface area contributed by atoms with Crippen LogP contribution in [0.1, 0.15) is 72.0 Å². The van der Waals surface area contributed by atoms with Crippen molar-refractivity contribution < 1.29 is 9.53 Å². The van der Waals surface area contributed by atoms with Crippen LogP contribution in [0.4, 0.5) is 0 Å². The second-order valence-corrected chi connectivity index (χ2v) is 10.6. The molecule has 1 aliphatic heterocycles. The molecule has 1 N–H and O–H groups in total. The van der Waals surface area contributed by atoms with Crippen LogP contribution in [0.15, 0.2) is 79.0 Å². The molecular weight excluding hydrogens is 482 g/mol. The van der Waals surface area contributed by atoms with Gasteiger partial charge in [0, 0.05) is 41.7 Å². The number of fused-ring (bicyclic) bond motifs is 1.